The Kier molecular flexibility index (Phi) is 4.08. The second-order valence-electron chi connectivity index (χ2n) is 3.49. The Balaban J connectivity index is 3.04. The van der Waals surface area contributed by atoms with E-state index in [4.69, 9.17) is 5.14 Å². The van der Waals surface area contributed by atoms with Gasteiger partial charge in [-0.2, -0.15) is 0 Å². The second kappa shape index (κ2) is 5.15. The van der Waals surface area contributed by atoms with E-state index in [1.165, 1.54) is 17.0 Å². The van der Waals surface area contributed by atoms with E-state index in [-0.39, 0.29) is 16.6 Å². The van der Waals surface area contributed by atoms with Gasteiger partial charge in [-0.15, -0.1) is 0 Å². The summed E-state index contributed by atoms with van der Waals surface area (Å²) in [4.78, 5) is 12.9. The highest BCUT2D eigenvalue weighted by molar-refractivity contribution is 7.89. The van der Waals surface area contributed by atoms with Crippen LogP contribution in [0.4, 0.5) is 10.5 Å². The topological polar surface area (TPSA) is 92.5 Å². The van der Waals surface area contributed by atoms with Crippen molar-refractivity contribution in [1.82, 2.24) is 4.90 Å². The lowest BCUT2D eigenvalue weighted by Gasteiger charge is -2.16. The third kappa shape index (κ3) is 3.43. The van der Waals surface area contributed by atoms with E-state index in [1.807, 2.05) is 6.92 Å². The first-order chi connectivity index (χ1) is 7.86. The van der Waals surface area contributed by atoms with Crippen LogP contribution in [0, 0.1) is 0 Å². The van der Waals surface area contributed by atoms with Crippen molar-refractivity contribution in [3.05, 3.63) is 24.3 Å². The van der Waals surface area contributed by atoms with Gasteiger partial charge in [-0.3, -0.25) is 0 Å². The number of nitrogens with zero attached hydrogens (tertiary/aromatic N) is 1. The molecular weight excluding hydrogens is 242 g/mol. The number of carbonyl (C=O) groups excluding carboxylic acids is 1. The molecular formula is C10H15N3O3S. The van der Waals surface area contributed by atoms with Crippen molar-refractivity contribution in [3.63, 3.8) is 0 Å². The van der Waals surface area contributed by atoms with Gasteiger partial charge >= 0.3 is 6.03 Å². The Morgan fingerprint density at radius 3 is 2.53 bits per heavy atom. The number of para-hydroxylation sites is 1. The Bertz CT molecular complexity index is 513. The van der Waals surface area contributed by atoms with E-state index in [2.05, 4.69) is 5.32 Å². The molecule has 1 aromatic rings. The number of primary sulfonamides is 1. The first-order valence-electron chi connectivity index (χ1n) is 5.00. The van der Waals surface area contributed by atoms with Gasteiger partial charge in [-0.1, -0.05) is 12.1 Å². The monoisotopic (exact) mass is 257 g/mol. The fourth-order valence-corrected chi connectivity index (χ4v) is 1.87. The second-order valence-corrected chi connectivity index (χ2v) is 5.02. The van der Waals surface area contributed by atoms with Crippen LogP contribution in [0.5, 0.6) is 0 Å². The van der Waals surface area contributed by atoms with Gasteiger partial charge in [0.1, 0.15) is 4.90 Å². The van der Waals surface area contributed by atoms with Gasteiger partial charge in [0.15, 0.2) is 0 Å². The van der Waals surface area contributed by atoms with Crippen molar-refractivity contribution in [2.45, 2.75) is 11.8 Å². The van der Waals surface area contributed by atoms with Crippen molar-refractivity contribution in [1.29, 1.82) is 0 Å². The molecule has 0 aliphatic carbocycles. The minimum atomic E-state index is -3.84. The number of anilines is 1. The van der Waals surface area contributed by atoms with Crippen LogP contribution >= 0.6 is 0 Å². The molecule has 2 amide bonds. The zero-order chi connectivity index (χ0) is 13.1. The van der Waals surface area contributed by atoms with Gasteiger partial charge in [0.2, 0.25) is 10.0 Å². The maximum absolute atomic E-state index is 11.6. The van der Waals surface area contributed by atoms with Crippen molar-refractivity contribution in [2.24, 2.45) is 5.14 Å². The summed E-state index contributed by atoms with van der Waals surface area (Å²) in [7, 11) is -2.24. The van der Waals surface area contributed by atoms with Gasteiger partial charge in [0.05, 0.1) is 5.69 Å². The third-order valence-electron chi connectivity index (χ3n) is 2.26. The fraction of sp³-hybridized carbons (Fsp3) is 0.300. The van der Waals surface area contributed by atoms with E-state index < -0.39 is 10.0 Å². The molecule has 0 heterocycles. The van der Waals surface area contributed by atoms with E-state index in [0.29, 0.717) is 6.54 Å². The van der Waals surface area contributed by atoms with E-state index in [9.17, 15) is 13.2 Å². The number of benzene rings is 1. The van der Waals surface area contributed by atoms with E-state index in [0.717, 1.165) is 0 Å². The van der Waals surface area contributed by atoms with Crippen LogP contribution in [-0.2, 0) is 10.0 Å². The molecule has 0 unspecified atom stereocenters. The Labute approximate surface area is 100 Å². The molecule has 1 rings (SSSR count). The highest BCUT2D eigenvalue weighted by atomic mass is 32.2. The first kappa shape index (κ1) is 13.5. The summed E-state index contributed by atoms with van der Waals surface area (Å²) in [6, 6.07) is 5.61. The van der Waals surface area contributed by atoms with Gasteiger partial charge in [-0.05, 0) is 19.1 Å². The lowest BCUT2D eigenvalue weighted by atomic mass is 10.3. The normalized spacial score (nSPS) is 11.0. The molecule has 0 saturated carbocycles. The molecule has 17 heavy (non-hydrogen) atoms. The van der Waals surface area contributed by atoms with Crippen molar-refractivity contribution in [3.8, 4) is 0 Å². The number of rotatable bonds is 3. The van der Waals surface area contributed by atoms with Crippen LogP contribution in [0.1, 0.15) is 6.92 Å². The van der Waals surface area contributed by atoms with Crippen LogP contribution in [0.25, 0.3) is 0 Å². The number of nitrogens with one attached hydrogen (secondary N) is 1. The van der Waals surface area contributed by atoms with Gasteiger partial charge in [-0.25, -0.2) is 18.4 Å². The summed E-state index contributed by atoms with van der Waals surface area (Å²) in [6.45, 7) is 2.33. The largest absolute Gasteiger partial charge is 0.328 e. The van der Waals surface area contributed by atoms with Crippen molar-refractivity contribution in [2.75, 3.05) is 18.9 Å². The fourth-order valence-electron chi connectivity index (χ4n) is 1.17. The molecule has 0 bridgehead atoms. The Morgan fingerprint density at radius 2 is 2.00 bits per heavy atom. The maximum Gasteiger partial charge on any atom is 0.321 e. The minimum absolute atomic E-state index is 0.0992. The van der Waals surface area contributed by atoms with Crippen LogP contribution in [-0.4, -0.2) is 32.9 Å². The molecule has 0 spiro atoms. The van der Waals surface area contributed by atoms with Crippen molar-refractivity contribution < 1.29 is 13.2 Å². The summed E-state index contributed by atoms with van der Waals surface area (Å²) >= 11 is 0. The first-order valence-corrected chi connectivity index (χ1v) is 6.55. The highest BCUT2D eigenvalue weighted by Gasteiger charge is 2.15. The smallest absolute Gasteiger partial charge is 0.321 e. The highest BCUT2D eigenvalue weighted by Crippen LogP contribution is 2.19. The summed E-state index contributed by atoms with van der Waals surface area (Å²) in [5.41, 5.74) is 0.181. The zero-order valence-electron chi connectivity index (χ0n) is 9.67. The van der Waals surface area contributed by atoms with Crippen LogP contribution in [0.15, 0.2) is 29.2 Å². The number of nitrogens with two attached hydrogens (primary N) is 1. The zero-order valence-corrected chi connectivity index (χ0v) is 10.5. The molecule has 7 heteroatoms. The predicted molar refractivity (Wildman–Crippen MR) is 65.1 cm³/mol. The summed E-state index contributed by atoms with van der Waals surface area (Å²) < 4.78 is 22.6. The van der Waals surface area contributed by atoms with E-state index >= 15 is 0 Å². The number of urea groups is 1. The van der Waals surface area contributed by atoms with Crippen LogP contribution < -0.4 is 10.5 Å². The van der Waals surface area contributed by atoms with Gasteiger partial charge in [0.25, 0.3) is 0 Å². The molecule has 6 nitrogen and oxygen atoms in total. The number of hydrogen-bond acceptors (Lipinski definition) is 3. The number of carbonyl (C=O) groups is 1. The molecule has 0 saturated heterocycles. The van der Waals surface area contributed by atoms with Gasteiger partial charge in [0, 0.05) is 13.6 Å². The summed E-state index contributed by atoms with van der Waals surface area (Å²) in [6.07, 6.45) is 0. The predicted octanol–water partition coefficient (Wildman–Crippen LogP) is 0.818. The molecule has 3 N–H and O–H groups in total. The van der Waals surface area contributed by atoms with Crippen LogP contribution in [0.3, 0.4) is 0 Å². The Morgan fingerprint density at radius 1 is 1.41 bits per heavy atom. The molecule has 0 fully saturated rings. The Hall–Kier alpha value is -1.60. The molecule has 0 radical (unpaired) electrons. The summed E-state index contributed by atoms with van der Waals surface area (Å²) in [5, 5.41) is 7.54. The summed E-state index contributed by atoms with van der Waals surface area (Å²) in [5.74, 6) is 0. The average molecular weight is 257 g/mol. The standard InChI is InChI=1S/C10H15N3O3S/c1-3-13(2)10(14)12-8-6-4-5-7-9(8)17(11,15)16/h4-7H,3H2,1-2H3,(H,12,14)(H2,11,15,16). The molecule has 0 atom stereocenters. The number of hydrogen-bond donors (Lipinski definition) is 2. The maximum atomic E-state index is 11.6. The molecule has 0 aliphatic heterocycles. The molecule has 1 aromatic carbocycles. The molecule has 0 aliphatic rings. The lowest BCUT2D eigenvalue weighted by molar-refractivity contribution is 0.224. The third-order valence-corrected chi connectivity index (χ3v) is 3.23. The molecule has 94 valence electrons. The minimum Gasteiger partial charge on any atom is -0.328 e. The average Bonchev–Trinajstić information content (AvgIpc) is 2.27. The van der Waals surface area contributed by atoms with E-state index in [1.54, 1.807) is 19.2 Å². The number of sulfonamides is 1. The lowest BCUT2D eigenvalue weighted by Crippen LogP contribution is -2.31. The van der Waals surface area contributed by atoms with Crippen LogP contribution in [0.2, 0.25) is 0 Å². The quantitative estimate of drug-likeness (QED) is 0.839. The SMILES string of the molecule is CCN(C)C(=O)Nc1ccccc1S(N)(=O)=O. The number of amides is 2. The van der Waals surface area contributed by atoms with Crippen molar-refractivity contribution >= 4 is 21.7 Å². The van der Waals surface area contributed by atoms with Gasteiger partial charge < -0.3 is 10.2 Å². The molecule has 0 aromatic heterocycles.